The summed E-state index contributed by atoms with van der Waals surface area (Å²) in [6.07, 6.45) is 1.06. The highest BCUT2D eigenvalue weighted by atomic mass is 35.5. The number of rotatable bonds is 3. The molecule has 0 saturated carbocycles. The van der Waals surface area contributed by atoms with Crippen molar-refractivity contribution in [3.63, 3.8) is 0 Å². The van der Waals surface area contributed by atoms with E-state index in [1.165, 1.54) is 0 Å². The van der Waals surface area contributed by atoms with E-state index in [9.17, 15) is 4.79 Å². The predicted octanol–water partition coefficient (Wildman–Crippen LogP) is 1.42. The molecule has 0 bridgehead atoms. The van der Waals surface area contributed by atoms with Gasteiger partial charge in [0.2, 0.25) is 6.79 Å². The molecule has 1 aromatic rings. The van der Waals surface area contributed by atoms with Gasteiger partial charge in [0.1, 0.15) is 0 Å². The van der Waals surface area contributed by atoms with Crippen molar-refractivity contribution in [1.82, 2.24) is 0 Å². The SMILES string of the molecule is O=Cc1c(Cl)cc(CCO)c2c1OCO2. The molecule has 1 N–H and O–H groups in total. The van der Waals surface area contributed by atoms with E-state index in [4.69, 9.17) is 26.2 Å². The van der Waals surface area contributed by atoms with Gasteiger partial charge in [-0.2, -0.15) is 0 Å². The molecule has 1 aliphatic rings. The predicted molar refractivity (Wildman–Crippen MR) is 53.8 cm³/mol. The van der Waals surface area contributed by atoms with E-state index in [0.29, 0.717) is 34.8 Å². The first-order chi connectivity index (χ1) is 7.27. The highest BCUT2D eigenvalue weighted by molar-refractivity contribution is 6.33. The smallest absolute Gasteiger partial charge is 0.231 e. The lowest BCUT2D eigenvalue weighted by Crippen LogP contribution is -1.96. The van der Waals surface area contributed by atoms with Crippen LogP contribution >= 0.6 is 11.6 Å². The molecule has 0 saturated heterocycles. The lowest BCUT2D eigenvalue weighted by molar-refractivity contribution is 0.111. The molecule has 2 rings (SSSR count). The number of benzene rings is 1. The molecule has 0 aromatic heterocycles. The molecule has 0 atom stereocenters. The maximum atomic E-state index is 10.8. The minimum absolute atomic E-state index is 0.00738. The number of hydrogen-bond acceptors (Lipinski definition) is 4. The molecule has 0 radical (unpaired) electrons. The Morgan fingerprint density at radius 1 is 1.47 bits per heavy atom. The Kier molecular flexibility index (Phi) is 2.79. The third-order valence-electron chi connectivity index (χ3n) is 2.21. The van der Waals surface area contributed by atoms with Crippen LogP contribution in [0.25, 0.3) is 0 Å². The number of carbonyl (C=O) groups is 1. The van der Waals surface area contributed by atoms with Crippen molar-refractivity contribution in [3.8, 4) is 11.5 Å². The van der Waals surface area contributed by atoms with E-state index in [0.717, 1.165) is 5.56 Å². The van der Waals surface area contributed by atoms with Crippen LogP contribution in [-0.2, 0) is 6.42 Å². The summed E-state index contributed by atoms with van der Waals surface area (Å²) < 4.78 is 10.4. The summed E-state index contributed by atoms with van der Waals surface area (Å²) in [6.45, 7) is 0.0709. The van der Waals surface area contributed by atoms with Crippen LogP contribution in [0.3, 0.4) is 0 Å². The van der Waals surface area contributed by atoms with Crippen LogP contribution in [0, 0.1) is 0 Å². The average molecular weight is 229 g/mol. The topological polar surface area (TPSA) is 55.8 Å². The lowest BCUT2D eigenvalue weighted by atomic mass is 10.1. The summed E-state index contributed by atoms with van der Waals surface area (Å²) in [7, 11) is 0. The monoisotopic (exact) mass is 228 g/mol. The Bertz CT molecular complexity index is 403. The largest absolute Gasteiger partial charge is 0.453 e. The molecule has 0 aliphatic carbocycles. The summed E-state index contributed by atoms with van der Waals surface area (Å²) in [6, 6.07) is 1.62. The summed E-state index contributed by atoms with van der Waals surface area (Å²) in [5.41, 5.74) is 1.05. The van der Waals surface area contributed by atoms with Gasteiger partial charge in [-0.15, -0.1) is 0 Å². The molecular formula is C10H9ClO4. The van der Waals surface area contributed by atoms with Crippen LogP contribution in [0.15, 0.2) is 6.07 Å². The second-order valence-corrected chi connectivity index (χ2v) is 3.49. The minimum Gasteiger partial charge on any atom is -0.453 e. The van der Waals surface area contributed by atoms with Gasteiger partial charge in [-0.1, -0.05) is 11.6 Å². The zero-order valence-electron chi connectivity index (χ0n) is 7.83. The Labute approximate surface area is 91.4 Å². The average Bonchev–Trinajstić information content (AvgIpc) is 2.67. The molecule has 0 amide bonds. The van der Waals surface area contributed by atoms with Crippen LogP contribution in [0.5, 0.6) is 11.5 Å². The number of aliphatic hydroxyl groups is 1. The van der Waals surface area contributed by atoms with Crippen molar-refractivity contribution in [2.24, 2.45) is 0 Å². The van der Waals surface area contributed by atoms with Crippen molar-refractivity contribution >= 4 is 17.9 Å². The number of carbonyl (C=O) groups excluding carboxylic acids is 1. The Morgan fingerprint density at radius 2 is 2.20 bits per heavy atom. The van der Waals surface area contributed by atoms with Crippen LogP contribution in [-0.4, -0.2) is 24.8 Å². The second-order valence-electron chi connectivity index (χ2n) is 3.09. The van der Waals surface area contributed by atoms with E-state index >= 15 is 0 Å². The fourth-order valence-corrected chi connectivity index (χ4v) is 1.80. The zero-order chi connectivity index (χ0) is 10.8. The normalized spacial score (nSPS) is 12.9. The maximum Gasteiger partial charge on any atom is 0.231 e. The number of aliphatic hydroxyl groups excluding tert-OH is 1. The first-order valence-corrected chi connectivity index (χ1v) is 4.82. The van der Waals surface area contributed by atoms with E-state index in [1.807, 2.05) is 0 Å². The summed E-state index contributed by atoms with van der Waals surface area (Å²) in [5, 5.41) is 9.18. The molecule has 15 heavy (non-hydrogen) atoms. The minimum atomic E-state index is -0.00738. The van der Waals surface area contributed by atoms with Gasteiger partial charge in [0.25, 0.3) is 0 Å². The van der Waals surface area contributed by atoms with Gasteiger partial charge < -0.3 is 14.6 Å². The van der Waals surface area contributed by atoms with Crippen molar-refractivity contribution in [1.29, 1.82) is 0 Å². The molecular weight excluding hydrogens is 220 g/mol. The van der Waals surface area contributed by atoms with E-state index in [-0.39, 0.29) is 13.4 Å². The van der Waals surface area contributed by atoms with Crippen molar-refractivity contribution in [3.05, 3.63) is 22.2 Å². The van der Waals surface area contributed by atoms with Crippen molar-refractivity contribution in [2.45, 2.75) is 6.42 Å². The van der Waals surface area contributed by atoms with Crippen LogP contribution in [0.2, 0.25) is 5.02 Å². The summed E-state index contributed by atoms with van der Waals surface area (Å²) in [4.78, 5) is 10.8. The van der Waals surface area contributed by atoms with E-state index in [2.05, 4.69) is 0 Å². The van der Waals surface area contributed by atoms with Gasteiger partial charge >= 0.3 is 0 Å². The van der Waals surface area contributed by atoms with Gasteiger partial charge in [0.15, 0.2) is 17.8 Å². The first-order valence-electron chi connectivity index (χ1n) is 4.45. The number of fused-ring (bicyclic) bond motifs is 1. The molecule has 0 unspecified atom stereocenters. The number of halogens is 1. The molecule has 80 valence electrons. The molecule has 1 aliphatic heterocycles. The van der Waals surface area contributed by atoms with Crippen LogP contribution in [0.4, 0.5) is 0 Å². The number of hydrogen-bond donors (Lipinski definition) is 1. The standard InChI is InChI=1S/C10H9ClO4/c11-8-3-6(1-2-12)9-10(7(8)4-13)15-5-14-9/h3-4,12H,1-2,5H2. The fourth-order valence-electron chi connectivity index (χ4n) is 1.54. The highest BCUT2D eigenvalue weighted by Gasteiger charge is 2.23. The molecule has 0 spiro atoms. The van der Waals surface area contributed by atoms with Crippen molar-refractivity contribution < 1.29 is 19.4 Å². The maximum absolute atomic E-state index is 10.8. The molecule has 0 fully saturated rings. The Hall–Kier alpha value is -1.26. The fraction of sp³-hybridized carbons (Fsp3) is 0.300. The summed E-state index contributed by atoms with van der Waals surface area (Å²) in [5.74, 6) is 0.886. The van der Waals surface area contributed by atoms with Crippen LogP contribution in [0.1, 0.15) is 15.9 Å². The molecule has 5 heteroatoms. The van der Waals surface area contributed by atoms with Gasteiger partial charge in [-0.3, -0.25) is 4.79 Å². The van der Waals surface area contributed by atoms with Crippen molar-refractivity contribution in [2.75, 3.05) is 13.4 Å². The number of ether oxygens (including phenoxy) is 2. The lowest BCUT2D eigenvalue weighted by Gasteiger charge is -2.07. The third kappa shape index (κ3) is 1.66. The zero-order valence-corrected chi connectivity index (χ0v) is 8.58. The first kappa shape index (κ1) is 10.3. The van der Waals surface area contributed by atoms with E-state index in [1.54, 1.807) is 6.07 Å². The molecule has 4 nitrogen and oxygen atoms in total. The molecule has 1 aromatic carbocycles. The highest BCUT2D eigenvalue weighted by Crippen LogP contribution is 2.41. The van der Waals surface area contributed by atoms with E-state index < -0.39 is 0 Å². The van der Waals surface area contributed by atoms with Gasteiger partial charge in [-0.25, -0.2) is 0 Å². The number of aldehydes is 1. The van der Waals surface area contributed by atoms with Gasteiger partial charge in [0.05, 0.1) is 10.6 Å². The third-order valence-corrected chi connectivity index (χ3v) is 2.52. The van der Waals surface area contributed by atoms with Crippen LogP contribution < -0.4 is 9.47 Å². The second kappa shape index (κ2) is 4.08. The Balaban J connectivity index is 2.57. The summed E-state index contributed by atoms with van der Waals surface area (Å²) >= 11 is 5.90. The van der Waals surface area contributed by atoms with Gasteiger partial charge in [0, 0.05) is 12.2 Å². The Morgan fingerprint density at radius 3 is 2.87 bits per heavy atom. The quantitative estimate of drug-likeness (QED) is 0.795. The van der Waals surface area contributed by atoms with Gasteiger partial charge in [-0.05, 0) is 12.5 Å². The molecule has 1 heterocycles.